The van der Waals surface area contributed by atoms with Crippen molar-refractivity contribution >= 4 is 29.2 Å². The Morgan fingerprint density at radius 1 is 1.07 bits per heavy atom. The normalized spacial score (nSPS) is 17.7. The first-order valence-electron chi connectivity index (χ1n) is 8.87. The molecule has 1 fully saturated rings. The van der Waals surface area contributed by atoms with Gasteiger partial charge in [0.2, 0.25) is 0 Å². The largest absolute Gasteiger partial charge is 0.455 e. The number of hydrogen-bond donors (Lipinski definition) is 2. The zero-order chi connectivity index (χ0) is 19.4. The lowest BCUT2D eigenvalue weighted by Crippen LogP contribution is -2.23. The summed E-state index contributed by atoms with van der Waals surface area (Å²) in [4.78, 5) is 36.4. The second kappa shape index (κ2) is 8.03. The molecule has 0 bridgehead atoms. The van der Waals surface area contributed by atoms with E-state index in [1.165, 1.54) is 0 Å². The van der Waals surface area contributed by atoms with E-state index in [2.05, 4.69) is 10.6 Å². The summed E-state index contributed by atoms with van der Waals surface area (Å²) in [6.07, 6.45) is 0.808. The first kappa shape index (κ1) is 18.6. The number of nitrogens with one attached hydrogen (secondary N) is 2. The van der Waals surface area contributed by atoms with Gasteiger partial charge in [-0.3, -0.25) is 14.4 Å². The maximum Gasteiger partial charge on any atom is 0.309 e. The van der Waals surface area contributed by atoms with Gasteiger partial charge >= 0.3 is 5.97 Å². The highest BCUT2D eigenvalue weighted by atomic mass is 16.5. The van der Waals surface area contributed by atoms with E-state index in [4.69, 9.17) is 4.74 Å². The van der Waals surface area contributed by atoms with Crippen LogP contribution in [0.5, 0.6) is 0 Å². The van der Waals surface area contributed by atoms with Gasteiger partial charge in [0.1, 0.15) is 0 Å². The molecule has 6 nitrogen and oxygen atoms in total. The summed E-state index contributed by atoms with van der Waals surface area (Å²) in [5.74, 6) is -0.923. The predicted octanol–water partition coefficient (Wildman–Crippen LogP) is 3.39. The number of carbonyl (C=O) groups excluding carboxylic acids is 3. The average molecular weight is 366 g/mol. The van der Waals surface area contributed by atoms with Crippen molar-refractivity contribution in [1.82, 2.24) is 0 Å². The van der Waals surface area contributed by atoms with Crippen LogP contribution in [0.15, 0.2) is 48.5 Å². The number of para-hydroxylation sites is 1. The van der Waals surface area contributed by atoms with Crippen LogP contribution < -0.4 is 10.6 Å². The van der Waals surface area contributed by atoms with Gasteiger partial charge in [-0.2, -0.15) is 0 Å². The number of aryl methyl sites for hydroxylation is 1. The lowest BCUT2D eigenvalue weighted by molar-refractivity contribution is -0.148. The Morgan fingerprint density at radius 3 is 2.52 bits per heavy atom. The highest BCUT2D eigenvalue weighted by Gasteiger charge is 2.40. The molecule has 0 aromatic heterocycles. The van der Waals surface area contributed by atoms with Gasteiger partial charge in [0, 0.05) is 5.69 Å². The summed E-state index contributed by atoms with van der Waals surface area (Å²) in [5, 5.41) is 5.45. The third kappa shape index (κ3) is 4.94. The number of hydrogen-bond acceptors (Lipinski definition) is 4. The quantitative estimate of drug-likeness (QED) is 0.768. The number of esters is 1. The van der Waals surface area contributed by atoms with E-state index in [1.54, 1.807) is 30.3 Å². The molecule has 0 heterocycles. The summed E-state index contributed by atoms with van der Waals surface area (Å²) in [5.41, 5.74) is 2.40. The van der Waals surface area contributed by atoms with Crippen molar-refractivity contribution in [1.29, 1.82) is 0 Å². The Labute approximate surface area is 157 Å². The van der Waals surface area contributed by atoms with Crippen molar-refractivity contribution in [3.63, 3.8) is 0 Å². The van der Waals surface area contributed by atoms with Gasteiger partial charge in [-0.05, 0) is 49.1 Å². The van der Waals surface area contributed by atoms with Crippen LogP contribution in [-0.4, -0.2) is 24.4 Å². The van der Waals surface area contributed by atoms with E-state index in [0.29, 0.717) is 22.9 Å². The Morgan fingerprint density at radius 2 is 1.81 bits per heavy atom. The molecular formula is C21H22N2O4. The second-order valence-electron chi connectivity index (χ2n) is 6.84. The van der Waals surface area contributed by atoms with Gasteiger partial charge in [-0.25, -0.2) is 0 Å². The van der Waals surface area contributed by atoms with E-state index in [9.17, 15) is 14.4 Å². The van der Waals surface area contributed by atoms with Gasteiger partial charge in [0.25, 0.3) is 11.8 Å². The highest BCUT2D eigenvalue weighted by Crippen LogP contribution is 2.38. The minimum Gasteiger partial charge on any atom is -0.455 e. The number of amides is 2. The molecule has 2 aromatic carbocycles. The molecule has 2 amide bonds. The third-order valence-corrected chi connectivity index (χ3v) is 4.48. The number of benzene rings is 2. The van der Waals surface area contributed by atoms with Crippen LogP contribution in [0.1, 0.15) is 29.3 Å². The molecule has 1 aliphatic carbocycles. The van der Waals surface area contributed by atoms with E-state index in [-0.39, 0.29) is 24.4 Å². The molecule has 27 heavy (non-hydrogen) atoms. The highest BCUT2D eigenvalue weighted by molar-refractivity contribution is 6.10. The van der Waals surface area contributed by atoms with Crippen LogP contribution in [0.3, 0.4) is 0 Å². The van der Waals surface area contributed by atoms with Crippen LogP contribution in [0.2, 0.25) is 0 Å². The summed E-state index contributed by atoms with van der Waals surface area (Å²) in [6, 6.07) is 14.1. The van der Waals surface area contributed by atoms with Crippen molar-refractivity contribution in [2.75, 3.05) is 17.2 Å². The fourth-order valence-corrected chi connectivity index (χ4v) is 2.79. The van der Waals surface area contributed by atoms with E-state index in [0.717, 1.165) is 12.0 Å². The Bertz CT molecular complexity index is 878. The molecule has 2 aromatic rings. The van der Waals surface area contributed by atoms with Crippen LogP contribution in [0.4, 0.5) is 11.4 Å². The topological polar surface area (TPSA) is 84.5 Å². The number of ether oxygens (including phenoxy) is 1. The van der Waals surface area contributed by atoms with Crippen LogP contribution in [-0.2, 0) is 14.3 Å². The molecule has 0 radical (unpaired) electrons. The third-order valence-electron chi connectivity index (χ3n) is 4.48. The first-order chi connectivity index (χ1) is 12.9. The van der Waals surface area contributed by atoms with E-state index < -0.39 is 5.91 Å². The molecule has 0 saturated heterocycles. The molecule has 3 rings (SSSR count). The van der Waals surface area contributed by atoms with Crippen molar-refractivity contribution in [3.05, 3.63) is 59.7 Å². The molecule has 140 valence electrons. The Kier molecular flexibility index (Phi) is 5.54. The lowest BCUT2D eigenvalue weighted by Gasteiger charge is -2.12. The predicted molar refractivity (Wildman–Crippen MR) is 102 cm³/mol. The standard InChI is InChI=1S/C21H22N2O4/c1-13-6-5-7-15(10-13)22-20(25)16-8-3-4-9-18(16)23-19(24)12-27-21(26)17-11-14(17)2/h3-10,14,17H,11-12H2,1-2H3,(H,22,25)(H,23,24)/t14-,17-/m0/s1. The van der Waals surface area contributed by atoms with Gasteiger partial charge < -0.3 is 15.4 Å². The second-order valence-corrected chi connectivity index (χ2v) is 6.84. The van der Waals surface area contributed by atoms with E-state index >= 15 is 0 Å². The summed E-state index contributed by atoms with van der Waals surface area (Å²) >= 11 is 0. The molecule has 2 atom stereocenters. The van der Waals surface area contributed by atoms with Crippen molar-refractivity contribution in [2.24, 2.45) is 11.8 Å². The number of rotatable bonds is 6. The van der Waals surface area contributed by atoms with Crippen LogP contribution in [0, 0.1) is 18.8 Å². The lowest BCUT2D eigenvalue weighted by atomic mass is 10.1. The Balaban J connectivity index is 1.62. The van der Waals surface area contributed by atoms with Gasteiger partial charge in [0.05, 0.1) is 17.2 Å². The molecule has 0 spiro atoms. The number of anilines is 2. The van der Waals surface area contributed by atoms with Crippen molar-refractivity contribution in [3.8, 4) is 0 Å². The molecule has 0 aliphatic heterocycles. The average Bonchev–Trinajstić information content (AvgIpc) is 3.37. The maximum atomic E-state index is 12.6. The number of carbonyl (C=O) groups is 3. The van der Waals surface area contributed by atoms with E-state index in [1.807, 2.05) is 32.0 Å². The molecule has 6 heteroatoms. The van der Waals surface area contributed by atoms with Crippen molar-refractivity contribution < 1.29 is 19.1 Å². The fraction of sp³-hybridized carbons (Fsp3) is 0.286. The first-order valence-corrected chi connectivity index (χ1v) is 8.87. The zero-order valence-corrected chi connectivity index (χ0v) is 15.3. The molecule has 1 aliphatic rings. The molecule has 0 unspecified atom stereocenters. The minimum absolute atomic E-state index is 0.0924. The minimum atomic E-state index is -0.479. The van der Waals surface area contributed by atoms with Crippen molar-refractivity contribution in [2.45, 2.75) is 20.3 Å². The monoisotopic (exact) mass is 366 g/mol. The maximum absolute atomic E-state index is 12.6. The van der Waals surface area contributed by atoms with Crippen LogP contribution >= 0.6 is 0 Å². The molecule has 1 saturated carbocycles. The Hall–Kier alpha value is -3.15. The summed E-state index contributed by atoms with van der Waals surface area (Å²) in [7, 11) is 0. The fourth-order valence-electron chi connectivity index (χ4n) is 2.79. The molecule has 2 N–H and O–H groups in total. The smallest absolute Gasteiger partial charge is 0.309 e. The van der Waals surface area contributed by atoms with Gasteiger partial charge in [-0.15, -0.1) is 0 Å². The SMILES string of the molecule is Cc1cccc(NC(=O)c2ccccc2NC(=O)COC(=O)[C@H]2C[C@@H]2C)c1. The summed E-state index contributed by atoms with van der Waals surface area (Å²) in [6.45, 7) is 3.54. The van der Waals surface area contributed by atoms with Gasteiger partial charge in [-0.1, -0.05) is 31.2 Å². The van der Waals surface area contributed by atoms with Crippen LogP contribution in [0.25, 0.3) is 0 Å². The summed E-state index contributed by atoms with van der Waals surface area (Å²) < 4.78 is 5.03. The molecular weight excluding hydrogens is 344 g/mol. The zero-order valence-electron chi connectivity index (χ0n) is 15.3. The van der Waals surface area contributed by atoms with Gasteiger partial charge in [0.15, 0.2) is 6.61 Å².